The number of imidazole rings is 1. The number of aliphatic hydroxyl groups excluding tert-OH is 1. The first-order chi connectivity index (χ1) is 14.1. The number of likely N-dealkylation sites (tertiary alicyclic amines) is 1. The Hall–Kier alpha value is -2.78. The lowest BCUT2D eigenvalue weighted by molar-refractivity contribution is -0.117. The largest absolute Gasteiger partial charge is 0.396 e. The minimum atomic E-state index is -0.0778. The Morgan fingerprint density at radius 1 is 1.21 bits per heavy atom. The predicted molar refractivity (Wildman–Crippen MR) is 109 cm³/mol. The predicted octanol–water partition coefficient (Wildman–Crippen LogP) is 2.26. The molecule has 3 aromatic heterocycles. The summed E-state index contributed by atoms with van der Waals surface area (Å²) in [5, 5.41) is 14.5. The zero-order valence-corrected chi connectivity index (χ0v) is 16.6. The number of thiazole rings is 1. The summed E-state index contributed by atoms with van der Waals surface area (Å²) >= 11 is 1.33. The number of hydrogen-bond donors (Lipinski definition) is 2. The van der Waals surface area contributed by atoms with Crippen molar-refractivity contribution in [1.82, 2.24) is 19.3 Å². The van der Waals surface area contributed by atoms with Crippen LogP contribution in [0.15, 0.2) is 29.9 Å². The van der Waals surface area contributed by atoms with Gasteiger partial charge >= 0.3 is 0 Å². The van der Waals surface area contributed by atoms with E-state index in [2.05, 4.69) is 15.3 Å². The van der Waals surface area contributed by atoms with Gasteiger partial charge in [-0.2, -0.15) is 0 Å². The Bertz CT molecular complexity index is 1090. The van der Waals surface area contributed by atoms with Crippen LogP contribution in [0.4, 0.5) is 5.82 Å². The van der Waals surface area contributed by atoms with Gasteiger partial charge in [0.05, 0.1) is 11.9 Å². The third-order valence-electron chi connectivity index (χ3n) is 5.46. The van der Waals surface area contributed by atoms with Crippen LogP contribution < -0.4 is 5.32 Å². The lowest BCUT2D eigenvalue weighted by Gasteiger charge is -2.13. The summed E-state index contributed by atoms with van der Waals surface area (Å²) < 4.78 is 1.85. The van der Waals surface area contributed by atoms with Crippen LogP contribution in [0.3, 0.4) is 0 Å². The Kier molecular flexibility index (Phi) is 4.56. The summed E-state index contributed by atoms with van der Waals surface area (Å²) in [6.07, 6.45) is 6.42. The number of anilines is 1. The van der Waals surface area contributed by atoms with Gasteiger partial charge in [0, 0.05) is 48.7 Å². The van der Waals surface area contributed by atoms with E-state index in [0.717, 1.165) is 36.2 Å². The highest BCUT2D eigenvalue weighted by Crippen LogP contribution is 2.30. The number of aliphatic hydroxyl groups is 1. The molecule has 2 N–H and O–H groups in total. The summed E-state index contributed by atoms with van der Waals surface area (Å²) in [4.78, 5) is 35.3. The summed E-state index contributed by atoms with van der Waals surface area (Å²) in [5.74, 6) is 0.787. The van der Waals surface area contributed by atoms with Crippen molar-refractivity contribution in [3.05, 3.63) is 34.9 Å². The van der Waals surface area contributed by atoms with E-state index in [9.17, 15) is 14.7 Å². The third kappa shape index (κ3) is 3.63. The van der Waals surface area contributed by atoms with Gasteiger partial charge in [0.15, 0.2) is 10.8 Å². The monoisotopic (exact) mass is 411 g/mol. The molecule has 1 aliphatic carbocycles. The first-order valence-electron chi connectivity index (χ1n) is 9.76. The standard InChI is InChI=1S/C20H21N5O3S/c26-10-12-5-6-24(7-12)20(28)19-21-15(11-29-19)14-3-4-17-22-16(9-25(17)8-14)23-18(27)13-1-2-13/h3-4,8-9,11-13,26H,1-2,5-7,10H2,(H,23,27). The number of nitrogens with zero attached hydrogens (tertiary/aromatic N) is 4. The number of rotatable bonds is 5. The van der Waals surface area contributed by atoms with Crippen LogP contribution in [-0.2, 0) is 4.79 Å². The van der Waals surface area contributed by atoms with Crippen molar-refractivity contribution in [3.63, 3.8) is 0 Å². The molecule has 3 aromatic rings. The molecule has 4 heterocycles. The number of carbonyl (C=O) groups excluding carboxylic acids is 2. The van der Waals surface area contributed by atoms with Crippen LogP contribution in [0.1, 0.15) is 29.1 Å². The number of nitrogens with one attached hydrogen (secondary N) is 1. The number of fused-ring (bicyclic) bond motifs is 1. The summed E-state index contributed by atoms with van der Waals surface area (Å²) in [5.41, 5.74) is 2.34. The molecule has 8 nitrogen and oxygen atoms in total. The molecular weight excluding hydrogens is 390 g/mol. The lowest BCUT2D eigenvalue weighted by Crippen LogP contribution is -2.29. The van der Waals surface area contributed by atoms with Crippen LogP contribution >= 0.6 is 11.3 Å². The fourth-order valence-corrected chi connectivity index (χ4v) is 4.38. The first kappa shape index (κ1) is 18.3. The van der Waals surface area contributed by atoms with Crippen LogP contribution in [0.25, 0.3) is 16.9 Å². The number of pyridine rings is 1. The van der Waals surface area contributed by atoms with Gasteiger partial charge in [0.25, 0.3) is 5.91 Å². The molecule has 0 radical (unpaired) electrons. The third-order valence-corrected chi connectivity index (χ3v) is 6.29. The minimum absolute atomic E-state index is 0.0293. The second-order valence-corrected chi connectivity index (χ2v) is 8.56. The average molecular weight is 411 g/mol. The normalized spacial score (nSPS) is 19.1. The number of amides is 2. The summed E-state index contributed by atoms with van der Waals surface area (Å²) in [6.45, 7) is 1.36. The molecule has 1 saturated heterocycles. The van der Waals surface area contributed by atoms with Crippen LogP contribution in [-0.4, -0.2) is 55.9 Å². The van der Waals surface area contributed by atoms with E-state index >= 15 is 0 Å². The number of aromatic nitrogens is 3. The Morgan fingerprint density at radius 2 is 2.07 bits per heavy atom. The second kappa shape index (κ2) is 7.23. The second-order valence-electron chi connectivity index (χ2n) is 7.70. The molecule has 1 unspecified atom stereocenters. The minimum Gasteiger partial charge on any atom is -0.396 e. The molecule has 0 spiro atoms. The molecule has 2 amide bonds. The van der Waals surface area contributed by atoms with E-state index in [-0.39, 0.29) is 30.3 Å². The van der Waals surface area contributed by atoms with Crippen LogP contribution in [0, 0.1) is 11.8 Å². The van der Waals surface area contributed by atoms with Gasteiger partial charge < -0.3 is 19.7 Å². The van der Waals surface area contributed by atoms with Crippen molar-refractivity contribution < 1.29 is 14.7 Å². The summed E-state index contributed by atoms with van der Waals surface area (Å²) in [6, 6.07) is 3.78. The maximum atomic E-state index is 12.7. The SMILES string of the molecule is O=C(Nc1cn2cc(-c3csc(C(=O)N4CCC(CO)C4)n3)ccc2n1)C1CC1. The Labute approximate surface area is 171 Å². The quantitative estimate of drug-likeness (QED) is 0.671. The molecule has 0 aromatic carbocycles. The number of carbonyl (C=O) groups is 2. The molecule has 5 rings (SSSR count). The molecule has 2 aliphatic rings. The summed E-state index contributed by atoms with van der Waals surface area (Å²) in [7, 11) is 0. The molecule has 9 heteroatoms. The van der Waals surface area contributed by atoms with E-state index in [1.165, 1.54) is 11.3 Å². The van der Waals surface area contributed by atoms with Crippen molar-refractivity contribution in [2.75, 3.05) is 25.0 Å². The van der Waals surface area contributed by atoms with Gasteiger partial charge in [-0.05, 0) is 31.4 Å². The van der Waals surface area contributed by atoms with Crippen molar-refractivity contribution in [3.8, 4) is 11.3 Å². The van der Waals surface area contributed by atoms with E-state index in [4.69, 9.17) is 0 Å². The van der Waals surface area contributed by atoms with Gasteiger partial charge in [-0.25, -0.2) is 9.97 Å². The molecule has 1 saturated carbocycles. The molecule has 150 valence electrons. The van der Waals surface area contributed by atoms with E-state index in [1.807, 2.05) is 28.1 Å². The fraction of sp³-hybridized carbons (Fsp3) is 0.400. The Balaban J connectivity index is 1.34. The highest BCUT2D eigenvalue weighted by atomic mass is 32.1. The number of hydrogen-bond acceptors (Lipinski definition) is 6. The van der Waals surface area contributed by atoms with E-state index in [1.54, 1.807) is 11.1 Å². The molecule has 1 aliphatic heterocycles. The van der Waals surface area contributed by atoms with Gasteiger partial charge in [-0.1, -0.05) is 0 Å². The zero-order valence-electron chi connectivity index (χ0n) is 15.7. The van der Waals surface area contributed by atoms with Gasteiger partial charge in [-0.3, -0.25) is 9.59 Å². The van der Waals surface area contributed by atoms with Gasteiger partial charge in [-0.15, -0.1) is 11.3 Å². The van der Waals surface area contributed by atoms with Gasteiger partial charge in [0.1, 0.15) is 5.65 Å². The van der Waals surface area contributed by atoms with Crippen LogP contribution in [0.2, 0.25) is 0 Å². The van der Waals surface area contributed by atoms with E-state index < -0.39 is 0 Å². The molecule has 0 bridgehead atoms. The van der Waals surface area contributed by atoms with E-state index in [0.29, 0.717) is 23.9 Å². The molecular formula is C20H21N5O3S. The molecule has 2 fully saturated rings. The first-order valence-corrected chi connectivity index (χ1v) is 10.6. The Morgan fingerprint density at radius 3 is 2.83 bits per heavy atom. The van der Waals surface area contributed by atoms with Gasteiger partial charge in [0.2, 0.25) is 5.91 Å². The highest BCUT2D eigenvalue weighted by Gasteiger charge is 2.30. The average Bonchev–Trinajstić information content (AvgIpc) is 3.14. The zero-order chi connectivity index (χ0) is 20.0. The highest BCUT2D eigenvalue weighted by molar-refractivity contribution is 7.12. The lowest BCUT2D eigenvalue weighted by atomic mass is 10.1. The van der Waals surface area contributed by atoms with Crippen molar-refractivity contribution >= 4 is 34.6 Å². The fourth-order valence-electron chi connectivity index (χ4n) is 3.58. The molecule has 1 atom stereocenters. The van der Waals surface area contributed by atoms with Crippen molar-refractivity contribution in [1.29, 1.82) is 0 Å². The maximum Gasteiger partial charge on any atom is 0.282 e. The topological polar surface area (TPSA) is 99.8 Å². The van der Waals surface area contributed by atoms with Crippen LogP contribution in [0.5, 0.6) is 0 Å². The maximum absolute atomic E-state index is 12.7. The molecule has 29 heavy (non-hydrogen) atoms. The smallest absolute Gasteiger partial charge is 0.282 e. The van der Waals surface area contributed by atoms with Crippen molar-refractivity contribution in [2.24, 2.45) is 11.8 Å². The van der Waals surface area contributed by atoms with Crippen molar-refractivity contribution in [2.45, 2.75) is 19.3 Å².